The molecule has 2 aromatic carbocycles. The summed E-state index contributed by atoms with van der Waals surface area (Å²) in [5.74, 6) is -0.202. The molecule has 1 unspecified atom stereocenters. The quantitative estimate of drug-likeness (QED) is 0.843. The van der Waals surface area contributed by atoms with Gasteiger partial charge in [-0.05, 0) is 42.7 Å². The van der Waals surface area contributed by atoms with Crippen LogP contribution in [-0.4, -0.2) is 23.6 Å². The fourth-order valence-corrected chi connectivity index (χ4v) is 2.79. The molecule has 1 aliphatic heterocycles. The number of benzene rings is 2. The highest BCUT2D eigenvalue weighted by molar-refractivity contribution is 6.08. The van der Waals surface area contributed by atoms with E-state index in [1.54, 1.807) is 17.0 Å². The lowest BCUT2D eigenvalue weighted by atomic mass is 9.97. The number of nitrogens with two attached hydrogens (primary N) is 1. The van der Waals surface area contributed by atoms with Crippen molar-refractivity contribution in [3.8, 4) is 5.75 Å². The number of para-hydroxylation sites is 1. The van der Waals surface area contributed by atoms with E-state index in [0.717, 1.165) is 23.2 Å². The Morgan fingerprint density at radius 3 is 2.81 bits per heavy atom. The summed E-state index contributed by atoms with van der Waals surface area (Å²) >= 11 is 0. The van der Waals surface area contributed by atoms with Crippen LogP contribution in [0.1, 0.15) is 21.5 Å². The van der Waals surface area contributed by atoms with Gasteiger partial charge in [-0.2, -0.15) is 0 Å². The normalized spacial score (nSPS) is 17.4. The van der Waals surface area contributed by atoms with E-state index in [1.807, 2.05) is 37.3 Å². The number of rotatable bonds is 1. The summed E-state index contributed by atoms with van der Waals surface area (Å²) in [6.45, 7) is 2.34. The number of amides is 1. The van der Waals surface area contributed by atoms with E-state index in [9.17, 15) is 9.90 Å². The van der Waals surface area contributed by atoms with Crippen LogP contribution in [0.5, 0.6) is 5.75 Å². The van der Waals surface area contributed by atoms with Gasteiger partial charge in [0.15, 0.2) is 0 Å². The number of carbonyl (C=O) groups is 1. The van der Waals surface area contributed by atoms with Crippen LogP contribution < -0.4 is 10.6 Å². The Bertz CT molecular complexity index is 697. The van der Waals surface area contributed by atoms with Crippen molar-refractivity contribution >= 4 is 11.6 Å². The molecule has 0 saturated heterocycles. The van der Waals surface area contributed by atoms with Crippen LogP contribution in [0.25, 0.3) is 0 Å². The van der Waals surface area contributed by atoms with Gasteiger partial charge in [-0.25, -0.2) is 0 Å². The molecule has 2 aromatic rings. The first-order valence-electron chi connectivity index (χ1n) is 7.01. The Morgan fingerprint density at radius 2 is 2.05 bits per heavy atom. The molecule has 1 amide bonds. The van der Waals surface area contributed by atoms with Crippen LogP contribution in [0.3, 0.4) is 0 Å². The molecular weight excluding hydrogens is 264 g/mol. The molecule has 1 atom stereocenters. The second-order valence-electron chi connectivity index (χ2n) is 5.53. The average molecular weight is 282 g/mol. The van der Waals surface area contributed by atoms with Crippen molar-refractivity contribution < 1.29 is 9.90 Å². The Hall–Kier alpha value is -2.33. The maximum absolute atomic E-state index is 12.8. The third-order valence-electron chi connectivity index (χ3n) is 3.81. The van der Waals surface area contributed by atoms with Crippen LogP contribution in [0, 0.1) is 6.92 Å². The second-order valence-corrected chi connectivity index (χ2v) is 5.53. The van der Waals surface area contributed by atoms with Gasteiger partial charge < -0.3 is 15.7 Å². The standard InChI is InChI=1S/C17H18N2O2/c1-11-6-7-14(16(20)8-11)17(21)19-10-13(18)9-12-4-2-3-5-15(12)19/h2-8,13,20H,9-10,18H2,1H3. The number of aromatic hydroxyl groups is 1. The van der Waals surface area contributed by atoms with Crippen LogP contribution >= 0.6 is 0 Å². The Kier molecular flexibility index (Phi) is 3.39. The van der Waals surface area contributed by atoms with E-state index in [-0.39, 0.29) is 17.7 Å². The molecule has 108 valence electrons. The predicted octanol–water partition coefficient (Wildman–Crippen LogP) is 2.23. The van der Waals surface area contributed by atoms with Crippen LogP contribution in [-0.2, 0) is 6.42 Å². The topological polar surface area (TPSA) is 66.6 Å². The molecule has 1 aliphatic rings. The number of phenols is 1. The summed E-state index contributed by atoms with van der Waals surface area (Å²) in [7, 11) is 0. The van der Waals surface area contributed by atoms with E-state index in [2.05, 4.69) is 0 Å². The lowest BCUT2D eigenvalue weighted by molar-refractivity contribution is 0.0981. The maximum atomic E-state index is 12.8. The fraction of sp³-hybridized carbons (Fsp3) is 0.235. The Morgan fingerprint density at radius 1 is 1.29 bits per heavy atom. The highest BCUT2D eigenvalue weighted by atomic mass is 16.3. The van der Waals surface area contributed by atoms with Gasteiger partial charge in [0, 0.05) is 18.3 Å². The molecular formula is C17H18N2O2. The summed E-state index contributed by atoms with van der Waals surface area (Å²) in [5.41, 5.74) is 9.23. The van der Waals surface area contributed by atoms with E-state index in [0.29, 0.717) is 12.1 Å². The third kappa shape index (κ3) is 2.50. The van der Waals surface area contributed by atoms with Crippen molar-refractivity contribution in [2.24, 2.45) is 5.73 Å². The van der Waals surface area contributed by atoms with E-state index >= 15 is 0 Å². The minimum absolute atomic E-state index is 0.0108. The number of hydrogen-bond donors (Lipinski definition) is 2. The lowest BCUT2D eigenvalue weighted by Gasteiger charge is -2.33. The number of fused-ring (bicyclic) bond motifs is 1. The zero-order chi connectivity index (χ0) is 15.0. The molecule has 3 N–H and O–H groups in total. The fourth-order valence-electron chi connectivity index (χ4n) is 2.79. The van der Waals surface area contributed by atoms with E-state index in [1.165, 1.54) is 0 Å². The van der Waals surface area contributed by atoms with Gasteiger partial charge in [0.1, 0.15) is 5.75 Å². The van der Waals surface area contributed by atoms with E-state index in [4.69, 9.17) is 5.73 Å². The van der Waals surface area contributed by atoms with Gasteiger partial charge in [-0.1, -0.05) is 24.3 Å². The van der Waals surface area contributed by atoms with Crippen molar-refractivity contribution in [1.29, 1.82) is 0 Å². The molecule has 0 saturated carbocycles. The molecule has 1 heterocycles. The van der Waals surface area contributed by atoms with Crippen molar-refractivity contribution in [3.63, 3.8) is 0 Å². The summed E-state index contributed by atoms with van der Waals surface area (Å²) in [5, 5.41) is 10.0. The predicted molar refractivity (Wildman–Crippen MR) is 82.6 cm³/mol. The monoisotopic (exact) mass is 282 g/mol. The Labute approximate surface area is 123 Å². The molecule has 3 rings (SSSR count). The van der Waals surface area contributed by atoms with Crippen molar-refractivity contribution in [3.05, 3.63) is 59.2 Å². The minimum Gasteiger partial charge on any atom is -0.507 e. The summed E-state index contributed by atoms with van der Waals surface area (Å²) in [4.78, 5) is 14.4. The number of nitrogens with zero attached hydrogens (tertiary/aromatic N) is 1. The van der Waals surface area contributed by atoms with E-state index < -0.39 is 0 Å². The molecule has 4 heteroatoms. The first-order chi connectivity index (χ1) is 10.1. The lowest BCUT2D eigenvalue weighted by Crippen LogP contribution is -2.46. The summed E-state index contributed by atoms with van der Waals surface area (Å²) in [6.07, 6.45) is 0.764. The largest absolute Gasteiger partial charge is 0.507 e. The van der Waals surface area contributed by atoms with Gasteiger partial charge in [-0.15, -0.1) is 0 Å². The smallest absolute Gasteiger partial charge is 0.262 e. The number of hydrogen-bond acceptors (Lipinski definition) is 3. The molecule has 0 spiro atoms. The van der Waals surface area contributed by atoms with Crippen LogP contribution in [0.4, 0.5) is 5.69 Å². The number of anilines is 1. The van der Waals surface area contributed by atoms with Gasteiger partial charge in [0.2, 0.25) is 0 Å². The zero-order valence-corrected chi connectivity index (χ0v) is 11.9. The minimum atomic E-state index is -0.213. The number of aryl methyl sites for hydroxylation is 1. The molecule has 4 nitrogen and oxygen atoms in total. The molecule has 0 bridgehead atoms. The Balaban J connectivity index is 2.02. The van der Waals surface area contributed by atoms with Crippen molar-refractivity contribution in [1.82, 2.24) is 0 Å². The molecule has 0 fully saturated rings. The molecule has 21 heavy (non-hydrogen) atoms. The van der Waals surface area contributed by atoms with Crippen LogP contribution in [0.2, 0.25) is 0 Å². The van der Waals surface area contributed by atoms with Crippen molar-refractivity contribution in [2.45, 2.75) is 19.4 Å². The number of carbonyl (C=O) groups excluding carboxylic acids is 1. The van der Waals surface area contributed by atoms with Gasteiger partial charge in [-0.3, -0.25) is 4.79 Å². The summed E-state index contributed by atoms with van der Waals surface area (Å²) < 4.78 is 0. The van der Waals surface area contributed by atoms with Gasteiger partial charge in [0.05, 0.1) is 5.56 Å². The number of phenolic OH excluding ortho intramolecular Hbond substituents is 1. The van der Waals surface area contributed by atoms with Gasteiger partial charge in [0.25, 0.3) is 5.91 Å². The molecule has 0 aromatic heterocycles. The second kappa shape index (κ2) is 5.22. The van der Waals surface area contributed by atoms with Crippen molar-refractivity contribution in [2.75, 3.05) is 11.4 Å². The first kappa shape index (κ1) is 13.6. The SMILES string of the molecule is Cc1ccc(C(=O)N2CC(N)Cc3ccccc32)c(O)c1. The van der Waals surface area contributed by atoms with Gasteiger partial charge >= 0.3 is 0 Å². The van der Waals surface area contributed by atoms with Crippen LogP contribution in [0.15, 0.2) is 42.5 Å². The zero-order valence-electron chi connectivity index (χ0n) is 11.9. The third-order valence-corrected chi connectivity index (χ3v) is 3.81. The molecule has 0 radical (unpaired) electrons. The highest BCUT2D eigenvalue weighted by Gasteiger charge is 2.28. The molecule has 0 aliphatic carbocycles. The first-order valence-corrected chi connectivity index (χ1v) is 7.01. The average Bonchev–Trinajstić information content (AvgIpc) is 2.45. The maximum Gasteiger partial charge on any atom is 0.262 e. The highest BCUT2D eigenvalue weighted by Crippen LogP contribution is 2.29. The summed E-state index contributed by atoms with van der Waals surface area (Å²) in [6, 6.07) is 12.8.